The summed E-state index contributed by atoms with van der Waals surface area (Å²) in [7, 11) is 0. The molecule has 1 unspecified atom stereocenters. The average Bonchev–Trinajstić information content (AvgIpc) is 2.56. The minimum Gasteiger partial charge on any atom is -0.369 e. The fraction of sp³-hybridized carbons (Fsp3) is 0.364. The highest BCUT2D eigenvalue weighted by molar-refractivity contribution is 5.29. The molecular formula is C22H28O. The standard InChI is InChI=1S/C22H28O/c1-18(2)21(23-17-19-11-7-5-8-12-19)15-16-22(3,4)20-13-9-6-10-14-20/h5-16,18,21H,17H2,1-4H3. The highest BCUT2D eigenvalue weighted by Gasteiger charge is 2.18. The quantitative estimate of drug-likeness (QED) is 0.591. The molecule has 2 aromatic carbocycles. The molecule has 23 heavy (non-hydrogen) atoms. The van der Waals surface area contributed by atoms with Crippen LogP contribution in [0.1, 0.15) is 38.8 Å². The van der Waals surface area contributed by atoms with E-state index in [0.717, 1.165) is 0 Å². The Hall–Kier alpha value is -1.86. The van der Waals surface area contributed by atoms with Crippen LogP contribution < -0.4 is 0 Å². The first-order valence-electron chi connectivity index (χ1n) is 8.39. The first-order valence-corrected chi connectivity index (χ1v) is 8.39. The molecule has 2 aromatic rings. The van der Waals surface area contributed by atoms with Crippen LogP contribution in [0.5, 0.6) is 0 Å². The van der Waals surface area contributed by atoms with E-state index in [1.807, 2.05) is 6.07 Å². The van der Waals surface area contributed by atoms with E-state index in [0.29, 0.717) is 12.5 Å². The summed E-state index contributed by atoms with van der Waals surface area (Å²) >= 11 is 0. The lowest BCUT2D eigenvalue weighted by Gasteiger charge is -2.24. The van der Waals surface area contributed by atoms with Gasteiger partial charge in [0.05, 0.1) is 12.7 Å². The largest absolute Gasteiger partial charge is 0.369 e. The maximum absolute atomic E-state index is 6.13. The van der Waals surface area contributed by atoms with Crippen molar-refractivity contribution in [2.75, 3.05) is 0 Å². The lowest BCUT2D eigenvalue weighted by Crippen LogP contribution is -2.20. The van der Waals surface area contributed by atoms with E-state index < -0.39 is 0 Å². The lowest BCUT2D eigenvalue weighted by molar-refractivity contribution is 0.0425. The minimum atomic E-state index is 0.00447. The van der Waals surface area contributed by atoms with Crippen molar-refractivity contribution in [1.82, 2.24) is 0 Å². The van der Waals surface area contributed by atoms with Crippen molar-refractivity contribution in [1.29, 1.82) is 0 Å². The van der Waals surface area contributed by atoms with E-state index in [2.05, 4.69) is 94.4 Å². The molecule has 0 saturated carbocycles. The Kier molecular flexibility index (Phi) is 6.18. The van der Waals surface area contributed by atoms with Gasteiger partial charge in [-0.2, -0.15) is 0 Å². The van der Waals surface area contributed by atoms with Gasteiger partial charge in [-0.15, -0.1) is 0 Å². The number of allylic oxidation sites excluding steroid dienone is 1. The van der Waals surface area contributed by atoms with Crippen LogP contribution in [0.15, 0.2) is 72.8 Å². The zero-order valence-electron chi connectivity index (χ0n) is 14.7. The monoisotopic (exact) mass is 308 g/mol. The smallest absolute Gasteiger partial charge is 0.0783 e. The summed E-state index contributed by atoms with van der Waals surface area (Å²) in [6, 6.07) is 21.0. The third-order valence-corrected chi connectivity index (χ3v) is 4.16. The van der Waals surface area contributed by atoms with Crippen molar-refractivity contribution < 1.29 is 4.74 Å². The van der Waals surface area contributed by atoms with E-state index in [1.165, 1.54) is 11.1 Å². The molecule has 0 saturated heterocycles. The molecule has 0 bridgehead atoms. The molecule has 0 spiro atoms. The topological polar surface area (TPSA) is 9.23 Å². The van der Waals surface area contributed by atoms with Crippen molar-refractivity contribution >= 4 is 0 Å². The molecule has 0 aromatic heterocycles. The predicted octanol–water partition coefficient (Wildman–Crippen LogP) is 5.76. The summed E-state index contributed by atoms with van der Waals surface area (Å²) in [5, 5.41) is 0. The van der Waals surface area contributed by atoms with Gasteiger partial charge in [0, 0.05) is 5.41 Å². The maximum atomic E-state index is 6.13. The second kappa shape index (κ2) is 8.12. The number of hydrogen-bond acceptors (Lipinski definition) is 1. The van der Waals surface area contributed by atoms with E-state index in [9.17, 15) is 0 Å². The van der Waals surface area contributed by atoms with Gasteiger partial charge in [-0.3, -0.25) is 0 Å². The Labute approximate surface area is 141 Å². The van der Waals surface area contributed by atoms with E-state index in [4.69, 9.17) is 4.74 Å². The molecule has 0 amide bonds. The van der Waals surface area contributed by atoms with Gasteiger partial charge in [-0.05, 0) is 17.0 Å². The zero-order chi connectivity index (χ0) is 16.7. The fourth-order valence-corrected chi connectivity index (χ4v) is 2.54. The highest BCUT2D eigenvalue weighted by atomic mass is 16.5. The van der Waals surface area contributed by atoms with Crippen LogP contribution in [-0.2, 0) is 16.8 Å². The minimum absolute atomic E-state index is 0.00447. The molecule has 0 radical (unpaired) electrons. The highest BCUT2D eigenvalue weighted by Crippen LogP contribution is 2.25. The predicted molar refractivity (Wildman–Crippen MR) is 98.5 cm³/mol. The van der Waals surface area contributed by atoms with E-state index in [-0.39, 0.29) is 11.5 Å². The molecule has 1 heteroatoms. The van der Waals surface area contributed by atoms with Crippen LogP contribution in [0.25, 0.3) is 0 Å². The van der Waals surface area contributed by atoms with Crippen molar-refractivity contribution in [2.24, 2.45) is 5.92 Å². The van der Waals surface area contributed by atoms with Crippen LogP contribution in [0.4, 0.5) is 0 Å². The summed E-state index contributed by atoms with van der Waals surface area (Å²) < 4.78 is 6.13. The van der Waals surface area contributed by atoms with E-state index in [1.54, 1.807) is 0 Å². The van der Waals surface area contributed by atoms with Crippen LogP contribution in [0.3, 0.4) is 0 Å². The summed E-state index contributed by atoms with van der Waals surface area (Å²) in [6.45, 7) is 9.55. The number of ether oxygens (including phenoxy) is 1. The Morgan fingerprint density at radius 1 is 0.913 bits per heavy atom. The Balaban J connectivity index is 2.03. The van der Waals surface area contributed by atoms with Crippen LogP contribution >= 0.6 is 0 Å². The number of rotatable bonds is 7. The first-order chi connectivity index (χ1) is 11.0. The van der Waals surface area contributed by atoms with Crippen molar-refractivity contribution in [3.63, 3.8) is 0 Å². The summed E-state index contributed by atoms with van der Waals surface area (Å²) in [6.07, 6.45) is 4.62. The normalized spacial score (nSPS) is 13.6. The fourth-order valence-electron chi connectivity index (χ4n) is 2.54. The Morgan fingerprint density at radius 2 is 1.48 bits per heavy atom. The first kappa shape index (κ1) is 17.5. The Bertz CT molecular complexity index is 596. The molecule has 0 N–H and O–H groups in total. The molecular weight excluding hydrogens is 280 g/mol. The Morgan fingerprint density at radius 3 is 2.04 bits per heavy atom. The van der Waals surface area contributed by atoms with E-state index >= 15 is 0 Å². The van der Waals surface area contributed by atoms with Crippen LogP contribution in [0, 0.1) is 5.92 Å². The summed E-state index contributed by atoms with van der Waals surface area (Å²) in [4.78, 5) is 0. The zero-order valence-corrected chi connectivity index (χ0v) is 14.7. The molecule has 2 rings (SSSR count). The number of hydrogen-bond donors (Lipinski definition) is 0. The molecule has 0 heterocycles. The average molecular weight is 308 g/mol. The van der Waals surface area contributed by atoms with Crippen molar-refractivity contribution in [2.45, 2.75) is 45.8 Å². The lowest BCUT2D eigenvalue weighted by atomic mass is 9.83. The van der Waals surface area contributed by atoms with Crippen LogP contribution in [-0.4, -0.2) is 6.10 Å². The van der Waals surface area contributed by atoms with Gasteiger partial charge < -0.3 is 4.74 Å². The third-order valence-electron chi connectivity index (χ3n) is 4.16. The molecule has 0 aliphatic rings. The molecule has 1 atom stereocenters. The van der Waals surface area contributed by atoms with Gasteiger partial charge in [0.15, 0.2) is 0 Å². The van der Waals surface area contributed by atoms with Crippen LogP contribution in [0.2, 0.25) is 0 Å². The van der Waals surface area contributed by atoms with Gasteiger partial charge in [-0.25, -0.2) is 0 Å². The molecule has 0 fully saturated rings. The third kappa shape index (κ3) is 5.37. The maximum Gasteiger partial charge on any atom is 0.0783 e. The van der Waals surface area contributed by atoms with Gasteiger partial charge in [-0.1, -0.05) is 101 Å². The van der Waals surface area contributed by atoms with Gasteiger partial charge in [0.1, 0.15) is 0 Å². The SMILES string of the molecule is CC(C)C(C=CC(C)(C)c1ccccc1)OCc1ccccc1. The second-order valence-electron chi connectivity index (χ2n) is 6.95. The van der Waals surface area contributed by atoms with Crippen molar-refractivity contribution in [3.8, 4) is 0 Å². The summed E-state index contributed by atoms with van der Waals surface area (Å²) in [5.74, 6) is 0.446. The van der Waals surface area contributed by atoms with Crippen molar-refractivity contribution in [3.05, 3.63) is 83.9 Å². The molecule has 0 aliphatic carbocycles. The second-order valence-corrected chi connectivity index (χ2v) is 6.95. The molecule has 1 nitrogen and oxygen atoms in total. The molecule has 0 aliphatic heterocycles. The molecule has 122 valence electrons. The summed E-state index contributed by atoms with van der Waals surface area (Å²) in [5.41, 5.74) is 2.54. The number of benzene rings is 2. The van der Waals surface area contributed by atoms with Gasteiger partial charge in [0.25, 0.3) is 0 Å². The van der Waals surface area contributed by atoms with Gasteiger partial charge >= 0.3 is 0 Å². The van der Waals surface area contributed by atoms with Gasteiger partial charge in [0.2, 0.25) is 0 Å².